The zero-order valence-electron chi connectivity index (χ0n) is 22.5. The predicted molar refractivity (Wildman–Crippen MR) is 146 cm³/mol. The van der Waals surface area contributed by atoms with E-state index in [-0.39, 0.29) is 0 Å². The molecule has 0 fully saturated rings. The number of fused-ring (bicyclic) bond motifs is 3. The van der Waals surface area contributed by atoms with Crippen LogP contribution in [0.4, 0.5) is 9.18 Å². The number of halogens is 1. The number of alkyl carbamates (subject to hydrolysis) is 1. The Morgan fingerprint density at radius 2 is 1.21 bits per heavy atom. The first kappa shape index (κ1) is 27.0. The van der Waals surface area contributed by atoms with Gasteiger partial charge in [0, 0.05) is 11.1 Å². The molecular weight excluding hydrogens is 483 g/mol. The van der Waals surface area contributed by atoms with Crippen LogP contribution in [-0.2, 0) is 14.3 Å². The Kier molecular flexibility index (Phi) is 7.40. The standard InChI is InChI=1S/C31H33FN2O4/c1-30(2,3)37-28(35)27(25(19-15-17-20(32)18-16-19)34-29(36)38-31(4,5)6)33-26-23-13-9-7-11-21(23)22-12-8-10-14-24(22)26/h7-18,25,27H,1-6H3,(H,34,36). The average molecular weight is 517 g/mol. The number of hydrogen-bond acceptors (Lipinski definition) is 5. The van der Waals surface area contributed by atoms with E-state index in [0.717, 1.165) is 22.3 Å². The molecule has 7 heteroatoms. The summed E-state index contributed by atoms with van der Waals surface area (Å²) in [5.74, 6) is -1.07. The van der Waals surface area contributed by atoms with Crippen LogP contribution in [0.1, 0.15) is 64.3 Å². The van der Waals surface area contributed by atoms with Gasteiger partial charge in [0.05, 0.1) is 11.8 Å². The minimum absolute atomic E-state index is 0.441. The topological polar surface area (TPSA) is 77.0 Å². The van der Waals surface area contributed by atoms with Crippen LogP contribution >= 0.6 is 0 Å². The second-order valence-electron chi connectivity index (χ2n) is 11.2. The van der Waals surface area contributed by atoms with Crippen molar-refractivity contribution < 1.29 is 23.5 Å². The van der Waals surface area contributed by atoms with Gasteiger partial charge in [-0.1, -0.05) is 60.7 Å². The van der Waals surface area contributed by atoms with E-state index in [0.29, 0.717) is 11.3 Å². The lowest BCUT2D eigenvalue weighted by Gasteiger charge is -2.29. The van der Waals surface area contributed by atoms with Gasteiger partial charge in [-0.25, -0.2) is 14.0 Å². The van der Waals surface area contributed by atoms with Gasteiger partial charge in [0.25, 0.3) is 0 Å². The van der Waals surface area contributed by atoms with Crippen molar-refractivity contribution in [3.05, 3.63) is 95.3 Å². The lowest BCUT2D eigenvalue weighted by Crippen LogP contribution is -2.44. The van der Waals surface area contributed by atoms with E-state index < -0.39 is 41.2 Å². The van der Waals surface area contributed by atoms with Crippen molar-refractivity contribution in [2.24, 2.45) is 4.99 Å². The maximum absolute atomic E-state index is 13.8. The highest BCUT2D eigenvalue weighted by molar-refractivity contribution is 6.24. The first-order valence-corrected chi connectivity index (χ1v) is 12.6. The number of rotatable bonds is 5. The van der Waals surface area contributed by atoms with Crippen molar-refractivity contribution in [1.29, 1.82) is 0 Å². The van der Waals surface area contributed by atoms with Crippen molar-refractivity contribution >= 4 is 17.8 Å². The van der Waals surface area contributed by atoms with E-state index in [1.807, 2.05) is 48.5 Å². The van der Waals surface area contributed by atoms with Crippen molar-refractivity contribution in [2.45, 2.75) is 64.8 Å². The Balaban J connectivity index is 1.88. The van der Waals surface area contributed by atoms with Crippen molar-refractivity contribution in [1.82, 2.24) is 5.32 Å². The SMILES string of the molecule is CC(C)(C)OC(=O)NC(c1ccc(F)cc1)C(N=C1c2ccccc2-c2ccccc21)C(=O)OC(C)(C)C. The van der Waals surface area contributed by atoms with Gasteiger partial charge in [0.15, 0.2) is 6.04 Å². The molecule has 38 heavy (non-hydrogen) atoms. The molecule has 0 bridgehead atoms. The molecule has 1 aliphatic rings. The number of carbonyl (C=O) groups is 2. The fourth-order valence-corrected chi connectivity index (χ4v) is 4.35. The third kappa shape index (κ3) is 6.28. The van der Waals surface area contributed by atoms with Crippen LogP contribution in [-0.4, -0.2) is 35.0 Å². The van der Waals surface area contributed by atoms with Gasteiger partial charge >= 0.3 is 12.1 Å². The molecule has 0 heterocycles. The zero-order chi connectivity index (χ0) is 27.7. The Morgan fingerprint density at radius 1 is 0.737 bits per heavy atom. The van der Waals surface area contributed by atoms with Gasteiger partial charge < -0.3 is 14.8 Å². The molecule has 3 aromatic carbocycles. The summed E-state index contributed by atoms with van der Waals surface area (Å²) in [5.41, 5.74) is 3.28. The van der Waals surface area contributed by atoms with Crippen molar-refractivity contribution in [3.63, 3.8) is 0 Å². The number of hydrogen-bond donors (Lipinski definition) is 1. The molecule has 198 valence electrons. The molecule has 6 nitrogen and oxygen atoms in total. The summed E-state index contributed by atoms with van der Waals surface area (Å²) < 4.78 is 25.1. The second-order valence-corrected chi connectivity index (χ2v) is 11.2. The quantitative estimate of drug-likeness (QED) is 0.303. The molecule has 0 radical (unpaired) electrons. The third-order valence-corrected chi connectivity index (χ3v) is 5.79. The number of benzene rings is 3. The van der Waals surface area contributed by atoms with Gasteiger partial charge in [0.1, 0.15) is 17.0 Å². The van der Waals surface area contributed by atoms with E-state index in [1.165, 1.54) is 24.3 Å². The molecule has 0 spiro atoms. The number of esters is 1. The molecule has 4 rings (SSSR count). The average Bonchev–Trinajstić information content (AvgIpc) is 3.13. The van der Waals surface area contributed by atoms with Gasteiger partial charge in [-0.3, -0.25) is 4.99 Å². The Labute approximate surface area is 222 Å². The van der Waals surface area contributed by atoms with Gasteiger partial charge in [0.2, 0.25) is 0 Å². The molecule has 0 aromatic heterocycles. The molecule has 0 saturated carbocycles. The molecule has 1 N–H and O–H groups in total. The van der Waals surface area contributed by atoms with Gasteiger partial charge in [-0.2, -0.15) is 0 Å². The molecule has 0 aliphatic heterocycles. The monoisotopic (exact) mass is 516 g/mol. The zero-order valence-corrected chi connectivity index (χ0v) is 22.5. The van der Waals surface area contributed by atoms with E-state index in [9.17, 15) is 14.0 Å². The van der Waals surface area contributed by atoms with Crippen LogP contribution in [0.3, 0.4) is 0 Å². The predicted octanol–water partition coefficient (Wildman–Crippen LogP) is 6.62. The molecule has 2 atom stereocenters. The fourth-order valence-electron chi connectivity index (χ4n) is 4.35. The molecule has 3 aromatic rings. The van der Waals surface area contributed by atoms with E-state index in [4.69, 9.17) is 14.5 Å². The van der Waals surface area contributed by atoms with E-state index in [2.05, 4.69) is 5.32 Å². The number of nitrogens with zero attached hydrogens (tertiary/aromatic N) is 1. The van der Waals surface area contributed by atoms with Crippen LogP contribution in [0, 0.1) is 5.82 Å². The lowest BCUT2D eigenvalue weighted by atomic mass is 9.98. The molecule has 2 unspecified atom stereocenters. The number of aliphatic imine (C=N–C) groups is 1. The van der Waals surface area contributed by atoms with Crippen LogP contribution in [0.2, 0.25) is 0 Å². The van der Waals surface area contributed by atoms with Crippen molar-refractivity contribution in [2.75, 3.05) is 0 Å². The van der Waals surface area contributed by atoms with E-state index >= 15 is 0 Å². The highest BCUT2D eigenvalue weighted by atomic mass is 19.1. The highest BCUT2D eigenvalue weighted by Crippen LogP contribution is 2.38. The third-order valence-electron chi connectivity index (χ3n) is 5.79. The molecule has 1 aliphatic carbocycles. The second kappa shape index (κ2) is 10.4. The van der Waals surface area contributed by atoms with Crippen LogP contribution in [0.5, 0.6) is 0 Å². The minimum Gasteiger partial charge on any atom is -0.458 e. The first-order chi connectivity index (χ1) is 17.8. The van der Waals surface area contributed by atoms with Gasteiger partial charge in [-0.15, -0.1) is 0 Å². The normalized spacial score (nSPS) is 14.1. The smallest absolute Gasteiger partial charge is 0.408 e. The summed E-state index contributed by atoms with van der Waals surface area (Å²) in [4.78, 5) is 31.6. The summed E-state index contributed by atoms with van der Waals surface area (Å²) in [6.45, 7) is 10.5. The minimum atomic E-state index is -1.19. The Morgan fingerprint density at radius 3 is 1.68 bits per heavy atom. The number of amides is 1. The Bertz CT molecular complexity index is 1320. The molecule has 1 amide bonds. The van der Waals surface area contributed by atoms with Crippen LogP contribution in [0.25, 0.3) is 11.1 Å². The summed E-state index contributed by atoms with van der Waals surface area (Å²) in [6, 6.07) is 19.1. The summed E-state index contributed by atoms with van der Waals surface area (Å²) in [7, 11) is 0. The van der Waals surface area contributed by atoms with E-state index in [1.54, 1.807) is 41.5 Å². The summed E-state index contributed by atoms with van der Waals surface area (Å²) in [6.07, 6.45) is -0.729. The molecule has 0 saturated heterocycles. The summed E-state index contributed by atoms with van der Waals surface area (Å²) in [5, 5.41) is 2.81. The highest BCUT2D eigenvalue weighted by Gasteiger charge is 2.37. The lowest BCUT2D eigenvalue weighted by molar-refractivity contribution is -0.157. The van der Waals surface area contributed by atoms with Crippen LogP contribution in [0.15, 0.2) is 77.8 Å². The maximum atomic E-state index is 13.8. The Hall–Kier alpha value is -4.00. The largest absolute Gasteiger partial charge is 0.458 e. The summed E-state index contributed by atoms with van der Waals surface area (Å²) >= 11 is 0. The first-order valence-electron chi connectivity index (χ1n) is 12.6. The van der Waals surface area contributed by atoms with Gasteiger partial charge in [-0.05, 0) is 70.4 Å². The number of nitrogens with one attached hydrogen (secondary N) is 1. The molecular formula is C31H33FN2O4. The van der Waals surface area contributed by atoms with Crippen molar-refractivity contribution in [3.8, 4) is 11.1 Å². The number of carbonyl (C=O) groups excluding carboxylic acids is 2. The maximum Gasteiger partial charge on any atom is 0.408 e. The fraction of sp³-hybridized carbons (Fsp3) is 0.323. The number of ether oxygens (including phenoxy) is 2. The van der Waals surface area contributed by atoms with Crippen LogP contribution < -0.4 is 5.32 Å².